The molecule has 0 bridgehead atoms. The van der Waals surface area contributed by atoms with Crippen LogP contribution in [0.1, 0.15) is 41.6 Å². The molecule has 4 heterocycles. The maximum absolute atomic E-state index is 13.1. The summed E-state index contributed by atoms with van der Waals surface area (Å²) in [6, 6.07) is 24.2. The molecule has 0 atom stereocenters. The average Bonchev–Trinajstić information content (AvgIpc) is 3.62. The second kappa shape index (κ2) is 8.18. The molecule has 3 aromatic carbocycles. The number of ketones is 2. The van der Waals surface area contributed by atoms with Crippen LogP contribution in [-0.2, 0) is 0 Å². The summed E-state index contributed by atoms with van der Waals surface area (Å²) >= 11 is 6.65. The van der Waals surface area contributed by atoms with Gasteiger partial charge in [-0.15, -0.1) is 45.3 Å². The molecule has 174 valence electrons. The van der Waals surface area contributed by atoms with Crippen LogP contribution in [0.5, 0.6) is 0 Å². The molecule has 0 amide bonds. The molecule has 0 spiro atoms. The second-order valence-electron chi connectivity index (χ2n) is 9.05. The molecule has 0 saturated heterocycles. The molecule has 4 aromatic heterocycles. The van der Waals surface area contributed by atoms with Crippen molar-refractivity contribution in [2.45, 2.75) is 13.8 Å². The fourth-order valence-electron chi connectivity index (χ4n) is 4.52. The van der Waals surface area contributed by atoms with Gasteiger partial charge in [-0.3, -0.25) is 9.59 Å². The Hall–Kier alpha value is -3.16. The van der Waals surface area contributed by atoms with E-state index in [1.54, 1.807) is 45.3 Å². The van der Waals surface area contributed by atoms with E-state index in [0.717, 1.165) is 41.4 Å². The monoisotopic (exact) mass is 538 g/mol. The molecule has 0 N–H and O–H groups in total. The number of fused-ring (bicyclic) bond motifs is 6. The third kappa shape index (κ3) is 3.48. The van der Waals surface area contributed by atoms with E-state index in [0.29, 0.717) is 0 Å². The van der Waals surface area contributed by atoms with E-state index in [2.05, 4.69) is 12.1 Å². The van der Waals surface area contributed by atoms with Gasteiger partial charge in [0.15, 0.2) is 0 Å². The molecule has 0 unspecified atom stereocenters. The van der Waals surface area contributed by atoms with Crippen molar-refractivity contribution in [1.29, 1.82) is 0 Å². The lowest BCUT2D eigenvalue weighted by atomic mass is 10.1. The van der Waals surface area contributed by atoms with Crippen molar-refractivity contribution >= 4 is 95.9 Å². The Morgan fingerprint density at radius 3 is 1.33 bits per heavy atom. The van der Waals surface area contributed by atoms with E-state index in [-0.39, 0.29) is 11.6 Å². The van der Waals surface area contributed by atoms with Crippen molar-refractivity contribution in [1.82, 2.24) is 0 Å². The Morgan fingerprint density at radius 1 is 0.500 bits per heavy atom. The van der Waals surface area contributed by atoms with Gasteiger partial charge in [-0.25, -0.2) is 0 Å². The maximum atomic E-state index is 13.1. The first-order chi connectivity index (χ1) is 17.4. The number of aryl methyl sites for hydroxylation is 2. The van der Waals surface area contributed by atoms with E-state index < -0.39 is 0 Å². The van der Waals surface area contributed by atoms with Gasteiger partial charge in [0, 0.05) is 40.7 Å². The van der Waals surface area contributed by atoms with Crippen molar-refractivity contribution in [3.63, 3.8) is 0 Å². The third-order valence-electron chi connectivity index (χ3n) is 6.48. The predicted molar refractivity (Wildman–Crippen MR) is 157 cm³/mol. The molecule has 0 aliphatic carbocycles. The number of rotatable bonds is 4. The largest absolute Gasteiger partial charge is 0.288 e. The van der Waals surface area contributed by atoms with Crippen LogP contribution in [0, 0.1) is 13.8 Å². The van der Waals surface area contributed by atoms with Crippen LogP contribution in [0.3, 0.4) is 0 Å². The van der Waals surface area contributed by atoms with Crippen molar-refractivity contribution in [2.24, 2.45) is 0 Å². The molecule has 6 heteroatoms. The zero-order valence-electron chi connectivity index (χ0n) is 19.4. The zero-order chi connectivity index (χ0) is 24.6. The Labute approximate surface area is 223 Å². The van der Waals surface area contributed by atoms with Gasteiger partial charge in [0.05, 0.1) is 19.2 Å². The lowest BCUT2D eigenvalue weighted by molar-refractivity contribution is 0.103. The van der Waals surface area contributed by atoms with E-state index >= 15 is 0 Å². The molecule has 0 aliphatic heterocycles. The van der Waals surface area contributed by atoms with Gasteiger partial charge in [-0.2, -0.15) is 0 Å². The molecule has 2 nitrogen and oxygen atoms in total. The first-order valence-corrected chi connectivity index (χ1v) is 14.8. The summed E-state index contributed by atoms with van der Waals surface area (Å²) in [5.74, 6) is 0.154. The van der Waals surface area contributed by atoms with Crippen LogP contribution in [0.2, 0.25) is 0 Å². The first kappa shape index (κ1) is 22.1. The molecule has 0 saturated carbocycles. The molecule has 7 rings (SSSR count). The highest BCUT2D eigenvalue weighted by Gasteiger charge is 2.20. The maximum Gasteiger partial charge on any atom is 0.203 e. The summed E-state index contributed by atoms with van der Waals surface area (Å²) in [4.78, 5) is 27.7. The summed E-state index contributed by atoms with van der Waals surface area (Å²) < 4.78 is 7.12. The van der Waals surface area contributed by atoms with Gasteiger partial charge in [0.2, 0.25) is 11.6 Å². The lowest BCUT2D eigenvalue weighted by Crippen LogP contribution is -1.97. The molecule has 7 aromatic rings. The quantitative estimate of drug-likeness (QED) is 0.209. The standard InChI is InChI=1S/C30H18O2S4/c1-15-3-7-17(8-4-15)27(31)23-13-25-29(35-23)19-11-20-22(12-21(19)33-25)34-26-14-24(36-30(20)26)28(32)18-9-5-16(2)6-10-18/h3-14H,1-2H3. The van der Waals surface area contributed by atoms with Crippen molar-refractivity contribution in [3.05, 3.63) is 105 Å². The zero-order valence-corrected chi connectivity index (χ0v) is 22.6. The number of benzene rings is 3. The molecular formula is C30H18O2S4. The van der Waals surface area contributed by atoms with Crippen LogP contribution < -0.4 is 0 Å². The summed E-state index contributed by atoms with van der Waals surface area (Å²) in [6.07, 6.45) is 0. The number of hydrogen-bond acceptors (Lipinski definition) is 6. The first-order valence-electron chi connectivity index (χ1n) is 11.5. The Morgan fingerprint density at radius 2 is 0.917 bits per heavy atom. The Kier molecular flexibility index (Phi) is 5.02. The number of carbonyl (C=O) groups excluding carboxylic acids is 2. The minimum absolute atomic E-state index is 0.0769. The summed E-state index contributed by atoms with van der Waals surface area (Å²) in [5.41, 5.74) is 3.75. The number of thiophene rings is 4. The molecule has 0 radical (unpaired) electrons. The number of carbonyl (C=O) groups is 2. The molecular weight excluding hydrogens is 521 g/mol. The van der Waals surface area contributed by atoms with Gasteiger partial charge in [-0.05, 0) is 38.1 Å². The van der Waals surface area contributed by atoms with Crippen LogP contribution in [-0.4, -0.2) is 11.6 Å². The van der Waals surface area contributed by atoms with Gasteiger partial charge in [0.1, 0.15) is 0 Å². The van der Waals surface area contributed by atoms with Crippen LogP contribution in [0.15, 0.2) is 72.8 Å². The van der Waals surface area contributed by atoms with Gasteiger partial charge < -0.3 is 0 Å². The molecule has 0 aliphatic rings. The summed E-state index contributed by atoms with van der Waals surface area (Å²) in [5, 5.41) is 2.38. The Bertz CT molecular complexity index is 1830. The SMILES string of the molecule is Cc1ccc(C(=O)c2cc3sc4cc5sc6cc(C(=O)c7ccc(C)cc7)sc6c5cc4c3s2)cc1. The second-order valence-corrected chi connectivity index (χ2v) is 13.3. The van der Waals surface area contributed by atoms with Gasteiger partial charge in [0.25, 0.3) is 0 Å². The highest BCUT2D eigenvalue weighted by atomic mass is 32.1. The van der Waals surface area contributed by atoms with Crippen molar-refractivity contribution in [2.75, 3.05) is 0 Å². The van der Waals surface area contributed by atoms with Crippen molar-refractivity contribution < 1.29 is 9.59 Å². The van der Waals surface area contributed by atoms with E-state index in [4.69, 9.17) is 0 Å². The number of hydrogen-bond donors (Lipinski definition) is 0. The average molecular weight is 539 g/mol. The smallest absolute Gasteiger partial charge is 0.203 e. The highest BCUT2D eigenvalue weighted by molar-refractivity contribution is 7.35. The molecule has 0 fully saturated rings. The van der Waals surface area contributed by atoms with Crippen molar-refractivity contribution in [3.8, 4) is 0 Å². The fourth-order valence-corrected chi connectivity index (χ4v) is 9.59. The fraction of sp³-hybridized carbons (Fsp3) is 0.0667. The summed E-state index contributed by atoms with van der Waals surface area (Å²) in [7, 11) is 0. The van der Waals surface area contributed by atoms with Crippen LogP contribution in [0.25, 0.3) is 39.0 Å². The van der Waals surface area contributed by atoms with E-state index in [9.17, 15) is 9.59 Å². The normalized spacial score (nSPS) is 11.8. The minimum atomic E-state index is 0.0769. The topological polar surface area (TPSA) is 34.1 Å². The molecule has 36 heavy (non-hydrogen) atoms. The van der Waals surface area contributed by atoms with E-state index in [1.807, 2.05) is 74.5 Å². The van der Waals surface area contributed by atoms with Crippen LogP contribution >= 0.6 is 45.3 Å². The third-order valence-corrected chi connectivity index (χ3v) is 11.3. The van der Waals surface area contributed by atoms with E-state index in [1.165, 1.54) is 29.6 Å². The lowest BCUT2D eigenvalue weighted by Gasteiger charge is -1.99. The minimum Gasteiger partial charge on any atom is -0.288 e. The van der Waals surface area contributed by atoms with Gasteiger partial charge in [-0.1, -0.05) is 59.7 Å². The summed E-state index contributed by atoms with van der Waals surface area (Å²) in [6.45, 7) is 4.05. The van der Waals surface area contributed by atoms with Gasteiger partial charge >= 0.3 is 0 Å². The predicted octanol–water partition coefficient (Wildman–Crippen LogP) is 9.62. The van der Waals surface area contributed by atoms with Crippen LogP contribution in [0.4, 0.5) is 0 Å². The Balaban J connectivity index is 1.32. The highest BCUT2D eigenvalue weighted by Crippen LogP contribution is 2.46.